The highest BCUT2D eigenvalue weighted by atomic mass is 16.5. The maximum atomic E-state index is 11.8. The molecule has 1 atom stereocenters. The fourth-order valence-electron chi connectivity index (χ4n) is 2.37. The average molecular weight is 293 g/mol. The quantitative estimate of drug-likeness (QED) is 0.602. The number of esters is 1. The molecule has 7 nitrogen and oxygen atoms in total. The Morgan fingerprint density at radius 3 is 2.76 bits per heavy atom. The van der Waals surface area contributed by atoms with E-state index >= 15 is 0 Å². The van der Waals surface area contributed by atoms with Gasteiger partial charge in [-0.2, -0.15) is 0 Å². The highest BCUT2D eigenvalue weighted by Crippen LogP contribution is 2.28. The van der Waals surface area contributed by atoms with E-state index in [9.17, 15) is 9.59 Å². The third-order valence-corrected chi connectivity index (χ3v) is 3.57. The predicted molar refractivity (Wildman–Crippen MR) is 78.1 cm³/mol. The van der Waals surface area contributed by atoms with E-state index in [-0.39, 0.29) is 12.2 Å². The van der Waals surface area contributed by atoms with Crippen molar-refractivity contribution in [3.05, 3.63) is 23.3 Å². The van der Waals surface area contributed by atoms with E-state index < -0.39 is 17.9 Å². The molecular formula is C14H19N3O4. The van der Waals surface area contributed by atoms with Crippen molar-refractivity contribution in [2.75, 3.05) is 37.5 Å². The molecule has 1 amide bonds. The largest absolute Gasteiger partial charge is 0.465 e. The number of carbonyl (C=O) groups is 2. The highest BCUT2D eigenvalue weighted by Gasteiger charge is 2.29. The van der Waals surface area contributed by atoms with Gasteiger partial charge in [0.25, 0.3) is 0 Å². The number of nitrogens with two attached hydrogens (primary N) is 2. The maximum absolute atomic E-state index is 11.8. The molecule has 0 aromatic heterocycles. The number of nitrogens with zero attached hydrogens (tertiary/aromatic N) is 1. The van der Waals surface area contributed by atoms with E-state index in [1.165, 1.54) is 7.11 Å². The van der Waals surface area contributed by atoms with E-state index in [0.29, 0.717) is 24.5 Å². The number of ether oxygens (including phenoxy) is 2. The van der Waals surface area contributed by atoms with Crippen LogP contribution < -0.4 is 16.4 Å². The Morgan fingerprint density at radius 2 is 2.14 bits per heavy atom. The number of nitrogen functional groups attached to an aromatic ring is 1. The van der Waals surface area contributed by atoms with Gasteiger partial charge in [-0.3, -0.25) is 4.79 Å². The molecule has 1 saturated heterocycles. The Morgan fingerprint density at radius 1 is 1.43 bits per heavy atom. The van der Waals surface area contributed by atoms with Crippen LogP contribution in [-0.2, 0) is 14.3 Å². The summed E-state index contributed by atoms with van der Waals surface area (Å²) in [7, 11) is 1.30. The van der Waals surface area contributed by atoms with Gasteiger partial charge in [-0.25, -0.2) is 4.79 Å². The highest BCUT2D eigenvalue weighted by molar-refractivity contribution is 5.97. The summed E-state index contributed by atoms with van der Waals surface area (Å²) in [5.41, 5.74) is 13.4. The van der Waals surface area contributed by atoms with Crippen molar-refractivity contribution in [3.63, 3.8) is 0 Å². The second-order valence-corrected chi connectivity index (χ2v) is 4.90. The number of primary amides is 1. The zero-order chi connectivity index (χ0) is 15.6. The van der Waals surface area contributed by atoms with Crippen LogP contribution >= 0.6 is 0 Å². The molecule has 21 heavy (non-hydrogen) atoms. The Bertz CT molecular complexity index is 574. The Hall–Kier alpha value is -2.28. The van der Waals surface area contributed by atoms with Gasteiger partial charge in [0.1, 0.15) is 6.04 Å². The number of carbonyl (C=O) groups excluding carboxylic acids is 2. The lowest BCUT2D eigenvalue weighted by molar-refractivity contribution is -0.121. The first-order valence-corrected chi connectivity index (χ1v) is 6.57. The van der Waals surface area contributed by atoms with Gasteiger partial charge in [0.05, 0.1) is 25.9 Å². The fourth-order valence-corrected chi connectivity index (χ4v) is 2.37. The number of hydrogen-bond donors (Lipinski definition) is 2. The molecule has 1 heterocycles. The molecule has 0 saturated carbocycles. The number of anilines is 2. The molecule has 1 unspecified atom stereocenters. The van der Waals surface area contributed by atoms with Gasteiger partial charge in [0.15, 0.2) is 0 Å². The first kappa shape index (κ1) is 15.1. The number of aryl methyl sites for hydroxylation is 1. The average Bonchev–Trinajstić information content (AvgIpc) is 2.49. The second kappa shape index (κ2) is 6.01. The van der Waals surface area contributed by atoms with Crippen molar-refractivity contribution in [2.45, 2.75) is 13.0 Å². The van der Waals surface area contributed by atoms with Crippen LogP contribution in [0.25, 0.3) is 0 Å². The minimum atomic E-state index is -0.563. The van der Waals surface area contributed by atoms with Crippen molar-refractivity contribution in [2.24, 2.45) is 5.73 Å². The van der Waals surface area contributed by atoms with Crippen LogP contribution in [0, 0.1) is 6.92 Å². The van der Waals surface area contributed by atoms with Gasteiger partial charge in [-0.05, 0) is 24.6 Å². The molecule has 1 aliphatic heterocycles. The van der Waals surface area contributed by atoms with Gasteiger partial charge in [-0.15, -0.1) is 0 Å². The van der Waals surface area contributed by atoms with Crippen molar-refractivity contribution in [1.29, 1.82) is 0 Å². The lowest BCUT2D eigenvalue weighted by Gasteiger charge is -2.35. The lowest BCUT2D eigenvalue weighted by Crippen LogP contribution is -2.52. The number of morpholine rings is 1. The van der Waals surface area contributed by atoms with E-state index in [0.717, 1.165) is 5.56 Å². The summed E-state index contributed by atoms with van der Waals surface area (Å²) in [6, 6.07) is 2.88. The molecular weight excluding hydrogens is 274 g/mol. The zero-order valence-corrected chi connectivity index (χ0v) is 12.1. The van der Waals surface area contributed by atoms with Crippen molar-refractivity contribution >= 4 is 23.3 Å². The maximum Gasteiger partial charge on any atom is 0.340 e. The molecule has 1 fully saturated rings. The van der Waals surface area contributed by atoms with Crippen LogP contribution in [0.15, 0.2) is 12.1 Å². The summed E-state index contributed by atoms with van der Waals surface area (Å²) in [5, 5.41) is 0. The Labute approximate surface area is 122 Å². The van der Waals surface area contributed by atoms with Gasteiger partial charge in [0, 0.05) is 17.9 Å². The molecule has 7 heteroatoms. The number of amides is 1. The van der Waals surface area contributed by atoms with Gasteiger partial charge >= 0.3 is 5.97 Å². The second-order valence-electron chi connectivity index (χ2n) is 4.90. The molecule has 1 aromatic rings. The fraction of sp³-hybridized carbons (Fsp3) is 0.429. The van der Waals surface area contributed by atoms with Gasteiger partial charge < -0.3 is 25.8 Å². The minimum absolute atomic E-state index is 0.228. The predicted octanol–water partition coefficient (Wildman–Crippen LogP) is 0.0543. The summed E-state index contributed by atoms with van der Waals surface area (Å²) in [5.74, 6) is -0.981. The summed E-state index contributed by atoms with van der Waals surface area (Å²) in [4.78, 5) is 25.2. The number of rotatable bonds is 3. The number of methoxy groups -OCH3 is 1. The monoisotopic (exact) mass is 293 g/mol. The summed E-state index contributed by atoms with van der Waals surface area (Å²) < 4.78 is 10.0. The van der Waals surface area contributed by atoms with E-state index in [2.05, 4.69) is 0 Å². The molecule has 0 radical (unpaired) electrons. The lowest BCUT2D eigenvalue weighted by atomic mass is 10.0. The molecule has 0 spiro atoms. The van der Waals surface area contributed by atoms with E-state index in [1.807, 2.05) is 11.0 Å². The summed E-state index contributed by atoms with van der Waals surface area (Å²) in [6.45, 7) is 3.02. The molecule has 0 aliphatic carbocycles. The van der Waals surface area contributed by atoms with Crippen LogP contribution in [0.5, 0.6) is 0 Å². The molecule has 2 rings (SSSR count). The van der Waals surface area contributed by atoms with Crippen LogP contribution in [0.2, 0.25) is 0 Å². The normalized spacial score (nSPS) is 18.4. The summed E-state index contributed by atoms with van der Waals surface area (Å²) >= 11 is 0. The van der Waals surface area contributed by atoms with Crippen LogP contribution in [-0.4, -0.2) is 44.8 Å². The van der Waals surface area contributed by atoms with Crippen LogP contribution in [0.4, 0.5) is 11.4 Å². The van der Waals surface area contributed by atoms with Crippen molar-refractivity contribution in [3.8, 4) is 0 Å². The first-order valence-electron chi connectivity index (χ1n) is 6.57. The van der Waals surface area contributed by atoms with Gasteiger partial charge in [-0.1, -0.05) is 0 Å². The van der Waals surface area contributed by atoms with Gasteiger partial charge in [0.2, 0.25) is 5.91 Å². The van der Waals surface area contributed by atoms with Crippen LogP contribution in [0.3, 0.4) is 0 Å². The van der Waals surface area contributed by atoms with E-state index in [4.69, 9.17) is 20.9 Å². The minimum Gasteiger partial charge on any atom is -0.465 e. The smallest absolute Gasteiger partial charge is 0.340 e. The first-order chi connectivity index (χ1) is 9.95. The van der Waals surface area contributed by atoms with E-state index in [1.54, 1.807) is 13.0 Å². The molecule has 1 aromatic carbocycles. The Balaban J connectivity index is 2.45. The molecule has 4 N–H and O–H groups in total. The molecule has 0 bridgehead atoms. The standard InChI is InChI=1S/C14H19N3O4/c1-8-5-9(6-10(12(8)15)14(19)20-2)17-3-4-21-7-11(17)13(16)18/h5-6,11H,3-4,7,15H2,1-2H3,(H2,16,18). The molecule has 114 valence electrons. The third-order valence-electron chi connectivity index (χ3n) is 3.57. The third kappa shape index (κ3) is 2.92. The topological polar surface area (TPSA) is 108 Å². The van der Waals surface area contributed by atoms with Crippen molar-refractivity contribution < 1.29 is 19.1 Å². The Kier molecular flexibility index (Phi) is 4.32. The summed E-state index contributed by atoms with van der Waals surface area (Å²) in [6.07, 6.45) is 0. The zero-order valence-electron chi connectivity index (χ0n) is 12.1. The number of hydrogen-bond acceptors (Lipinski definition) is 6. The SMILES string of the molecule is COC(=O)c1cc(N2CCOCC2C(N)=O)cc(C)c1N. The van der Waals surface area contributed by atoms with Crippen LogP contribution in [0.1, 0.15) is 15.9 Å². The van der Waals surface area contributed by atoms with Crippen molar-refractivity contribution in [1.82, 2.24) is 0 Å². The molecule has 1 aliphatic rings. The number of benzene rings is 1.